The van der Waals surface area contributed by atoms with E-state index in [2.05, 4.69) is 17.6 Å². The van der Waals surface area contributed by atoms with E-state index in [9.17, 15) is 17.0 Å². The van der Waals surface area contributed by atoms with Crippen molar-refractivity contribution in [3.05, 3.63) is 58.3 Å². The van der Waals surface area contributed by atoms with Crippen molar-refractivity contribution in [1.82, 2.24) is 4.72 Å². The molecule has 2 aromatic rings. The van der Waals surface area contributed by atoms with Crippen LogP contribution in [0.2, 0.25) is 10.0 Å². The first kappa shape index (κ1) is 29.4. The van der Waals surface area contributed by atoms with Crippen molar-refractivity contribution in [3.8, 4) is 12.8 Å². The summed E-state index contributed by atoms with van der Waals surface area (Å²) in [6.07, 6.45) is 8.73. The number of sulfonamides is 1. The number of unbranched alkanes of at least 4 members (excludes halogenated alkanes) is 1. The molecule has 5 nitrogen and oxygen atoms in total. The number of terminal acetylenes is 1. The Morgan fingerprint density at radius 1 is 1.03 bits per heavy atom. The van der Waals surface area contributed by atoms with Crippen LogP contribution in [0.5, 0.6) is 0 Å². The molecule has 0 saturated heterocycles. The minimum absolute atomic E-state index is 0.0665. The summed E-state index contributed by atoms with van der Waals surface area (Å²) < 4.78 is 54.0. The van der Waals surface area contributed by atoms with Crippen molar-refractivity contribution in [2.24, 2.45) is 0 Å². The predicted molar refractivity (Wildman–Crippen MR) is 130 cm³/mol. The number of rotatable bonds is 9. The Hall–Kier alpha value is -1.63. The molecule has 1 atom stereocenters. The Morgan fingerprint density at radius 2 is 1.58 bits per heavy atom. The zero-order valence-electron chi connectivity index (χ0n) is 17.6. The molecule has 172 valence electrons. The Morgan fingerprint density at radius 3 is 2.13 bits per heavy atom. The molecular formula is C21H27Cl2FN2O3S2. The van der Waals surface area contributed by atoms with Gasteiger partial charge in [-0.25, -0.2) is 21.7 Å². The molecule has 0 spiro atoms. The van der Waals surface area contributed by atoms with Crippen LogP contribution in [0, 0.1) is 18.7 Å². The van der Waals surface area contributed by atoms with E-state index in [-0.39, 0.29) is 18.0 Å². The summed E-state index contributed by atoms with van der Waals surface area (Å²) in [5.41, 5.74) is 0.0901. The number of hydrogen-bond acceptors (Lipinski definition) is 3. The molecule has 0 fully saturated rings. The van der Waals surface area contributed by atoms with Gasteiger partial charge >= 0.3 is 0 Å². The highest BCUT2D eigenvalue weighted by atomic mass is 35.5. The molecule has 0 aliphatic carbocycles. The van der Waals surface area contributed by atoms with Gasteiger partial charge in [-0.1, -0.05) is 37.0 Å². The molecule has 0 heterocycles. The van der Waals surface area contributed by atoms with Crippen LogP contribution in [0.3, 0.4) is 0 Å². The van der Waals surface area contributed by atoms with Gasteiger partial charge in [-0.2, -0.15) is 0 Å². The standard InChI is InChI=1S/C17H19Cl2FN2O3S2.C2H6.C2H2/c1-21-27(24,25)11-3-2-10-22(17-12-14(19)6-9-16(17)20)26(23)15-7-4-13(18)5-8-15;2*1-2/h4-9,12,21H,2-3,10-11H2,1H3;1-2H3;1-2H. The summed E-state index contributed by atoms with van der Waals surface area (Å²) >= 11 is 11.8. The number of nitrogens with one attached hydrogen (secondary N) is 1. The van der Waals surface area contributed by atoms with Gasteiger partial charge in [0.05, 0.1) is 16.3 Å². The summed E-state index contributed by atoms with van der Waals surface area (Å²) in [6.45, 7) is 4.19. The average molecular weight is 509 g/mol. The van der Waals surface area contributed by atoms with E-state index in [1.54, 1.807) is 24.3 Å². The molecule has 31 heavy (non-hydrogen) atoms. The van der Waals surface area contributed by atoms with E-state index in [4.69, 9.17) is 23.2 Å². The van der Waals surface area contributed by atoms with Gasteiger partial charge in [-0.3, -0.25) is 4.31 Å². The second-order valence-corrected chi connectivity index (χ2v) is 9.96. The van der Waals surface area contributed by atoms with Gasteiger partial charge in [0.1, 0.15) is 5.82 Å². The number of hydrogen-bond donors (Lipinski definition) is 1. The van der Waals surface area contributed by atoms with Gasteiger partial charge in [0.25, 0.3) is 0 Å². The lowest BCUT2D eigenvalue weighted by Gasteiger charge is -2.24. The van der Waals surface area contributed by atoms with Gasteiger partial charge in [-0.15, -0.1) is 12.8 Å². The number of anilines is 1. The molecule has 0 saturated carbocycles. The van der Waals surface area contributed by atoms with Gasteiger partial charge < -0.3 is 0 Å². The summed E-state index contributed by atoms with van der Waals surface area (Å²) in [6, 6.07) is 10.4. The second kappa shape index (κ2) is 15.2. The minimum Gasteiger partial charge on any atom is -0.285 e. The van der Waals surface area contributed by atoms with Gasteiger partial charge in [-0.05, 0) is 62.4 Å². The van der Waals surface area contributed by atoms with Gasteiger partial charge in [0.2, 0.25) is 10.0 Å². The molecule has 1 unspecified atom stereocenters. The fourth-order valence-corrected chi connectivity index (χ4v) is 4.61. The van der Waals surface area contributed by atoms with E-state index >= 15 is 0 Å². The van der Waals surface area contributed by atoms with E-state index in [0.717, 1.165) is 0 Å². The maximum Gasteiger partial charge on any atom is 0.211 e. The monoisotopic (exact) mass is 508 g/mol. The van der Waals surface area contributed by atoms with Gasteiger partial charge in [0.15, 0.2) is 11.0 Å². The Labute approximate surface area is 197 Å². The SMILES string of the molecule is C#C.CC.CNS(=O)(=O)CCCCN(c1cc(Cl)ccc1F)S(=O)c1ccc(Cl)cc1. The number of benzene rings is 2. The van der Waals surface area contributed by atoms with Crippen molar-refractivity contribution < 1.29 is 17.0 Å². The molecule has 2 rings (SSSR count). The third-order valence-electron chi connectivity index (χ3n) is 3.73. The van der Waals surface area contributed by atoms with E-state index < -0.39 is 26.8 Å². The van der Waals surface area contributed by atoms with Crippen LogP contribution < -0.4 is 9.03 Å². The Balaban J connectivity index is 0.00000212. The number of nitrogens with zero attached hydrogens (tertiary/aromatic N) is 1. The van der Waals surface area contributed by atoms with E-state index in [0.29, 0.717) is 27.8 Å². The summed E-state index contributed by atoms with van der Waals surface area (Å²) in [5, 5.41) is 0.802. The van der Waals surface area contributed by atoms with Crippen LogP contribution in [0.25, 0.3) is 0 Å². The third kappa shape index (κ3) is 10.0. The van der Waals surface area contributed by atoms with Crippen LogP contribution in [-0.2, 0) is 21.0 Å². The van der Waals surface area contributed by atoms with Crippen molar-refractivity contribution >= 4 is 49.9 Å². The molecule has 10 heteroatoms. The van der Waals surface area contributed by atoms with Crippen LogP contribution in [-0.4, -0.2) is 32.0 Å². The third-order valence-corrected chi connectivity index (χ3v) is 7.12. The first-order chi connectivity index (χ1) is 14.7. The fourth-order valence-electron chi connectivity index (χ4n) is 2.30. The molecule has 2 aromatic carbocycles. The second-order valence-electron chi connectivity index (χ2n) is 5.63. The van der Waals surface area contributed by atoms with Crippen LogP contribution in [0.4, 0.5) is 10.1 Å². The van der Waals surface area contributed by atoms with Gasteiger partial charge in [0, 0.05) is 16.6 Å². The van der Waals surface area contributed by atoms with E-state index in [1.165, 1.54) is 29.6 Å². The quantitative estimate of drug-likeness (QED) is 0.370. The molecular weight excluding hydrogens is 482 g/mol. The van der Waals surface area contributed by atoms with Crippen LogP contribution in [0.1, 0.15) is 26.7 Å². The largest absolute Gasteiger partial charge is 0.285 e. The molecule has 0 radical (unpaired) electrons. The van der Waals surface area contributed by atoms with Crippen LogP contribution >= 0.6 is 23.2 Å². The summed E-state index contributed by atoms with van der Waals surface area (Å²) in [4.78, 5) is 0.446. The molecule has 0 aliphatic rings. The zero-order valence-corrected chi connectivity index (χ0v) is 20.8. The first-order valence-corrected chi connectivity index (χ1v) is 12.9. The number of halogens is 3. The molecule has 0 bridgehead atoms. The van der Waals surface area contributed by atoms with Crippen molar-refractivity contribution in [2.45, 2.75) is 31.6 Å². The highest BCUT2D eigenvalue weighted by Crippen LogP contribution is 2.28. The van der Waals surface area contributed by atoms with Crippen molar-refractivity contribution in [3.63, 3.8) is 0 Å². The molecule has 1 N–H and O–H groups in total. The smallest absolute Gasteiger partial charge is 0.211 e. The normalized spacial score (nSPS) is 11.4. The highest BCUT2D eigenvalue weighted by molar-refractivity contribution is 7.89. The van der Waals surface area contributed by atoms with E-state index in [1.807, 2.05) is 13.8 Å². The predicted octanol–water partition coefficient (Wildman–Crippen LogP) is 5.27. The van der Waals surface area contributed by atoms with Crippen molar-refractivity contribution in [1.29, 1.82) is 0 Å². The highest BCUT2D eigenvalue weighted by Gasteiger charge is 2.20. The minimum atomic E-state index is -3.33. The Bertz CT molecular complexity index is 953. The molecule has 0 aliphatic heterocycles. The lowest BCUT2D eigenvalue weighted by Crippen LogP contribution is -2.29. The fraction of sp³-hybridized carbons (Fsp3) is 0.333. The summed E-state index contributed by atoms with van der Waals surface area (Å²) in [5.74, 6) is -0.632. The molecule has 0 amide bonds. The Kier molecular flexibility index (Phi) is 14.4. The maximum absolute atomic E-state index is 14.4. The average Bonchev–Trinajstić information content (AvgIpc) is 2.78. The molecule has 0 aromatic heterocycles. The lowest BCUT2D eigenvalue weighted by atomic mass is 10.3. The zero-order chi connectivity index (χ0) is 24.0. The first-order valence-electron chi connectivity index (χ1n) is 9.38. The topological polar surface area (TPSA) is 66.5 Å². The van der Waals surface area contributed by atoms with Crippen LogP contribution in [0.15, 0.2) is 47.4 Å². The van der Waals surface area contributed by atoms with Crippen molar-refractivity contribution in [2.75, 3.05) is 23.7 Å². The maximum atomic E-state index is 14.4. The lowest BCUT2D eigenvalue weighted by molar-refractivity contribution is 0.583. The summed E-state index contributed by atoms with van der Waals surface area (Å²) in [7, 11) is -3.70.